The number of nitro benzene ring substituents is 1. The molecule has 0 unspecified atom stereocenters. The molecule has 1 fully saturated rings. The SMILES string of the molecule is CC1(C)OC(=O)C(=CNc2ccc(Br)c(I)c2[N+](=O)[O-])C(=O)O1. The lowest BCUT2D eigenvalue weighted by Crippen LogP contribution is -2.42. The predicted molar refractivity (Wildman–Crippen MR) is 91.5 cm³/mol. The van der Waals surface area contributed by atoms with Gasteiger partial charge in [0.05, 0.1) is 4.92 Å². The minimum absolute atomic E-state index is 0.125. The molecule has 10 heteroatoms. The van der Waals surface area contributed by atoms with Crippen LogP contribution in [-0.2, 0) is 19.1 Å². The number of hydrogen-bond donors (Lipinski definition) is 1. The van der Waals surface area contributed by atoms with Crippen LogP contribution in [0.3, 0.4) is 0 Å². The number of nitro groups is 1. The van der Waals surface area contributed by atoms with E-state index in [1.807, 2.05) is 22.6 Å². The molecule has 0 saturated carbocycles. The Hall–Kier alpha value is -1.69. The summed E-state index contributed by atoms with van der Waals surface area (Å²) in [5.74, 6) is -3.08. The molecule has 1 aliphatic rings. The van der Waals surface area contributed by atoms with Gasteiger partial charge in [-0.1, -0.05) is 0 Å². The fourth-order valence-electron chi connectivity index (χ4n) is 1.76. The molecule has 1 aromatic carbocycles. The first-order valence-electron chi connectivity index (χ1n) is 6.18. The van der Waals surface area contributed by atoms with Crippen LogP contribution in [0.4, 0.5) is 11.4 Å². The number of ether oxygens (including phenoxy) is 2. The van der Waals surface area contributed by atoms with E-state index in [9.17, 15) is 19.7 Å². The van der Waals surface area contributed by atoms with Gasteiger partial charge in [0.25, 0.3) is 5.79 Å². The molecule has 0 radical (unpaired) electrons. The monoisotopic (exact) mass is 496 g/mol. The van der Waals surface area contributed by atoms with E-state index in [1.165, 1.54) is 19.9 Å². The summed E-state index contributed by atoms with van der Waals surface area (Å²) >= 11 is 5.02. The molecule has 8 nitrogen and oxygen atoms in total. The molecule has 1 N–H and O–H groups in total. The van der Waals surface area contributed by atoms with E-state index in [-0.39, 0.29) is 16.9 Å². The van der Waals surface area contributed by atoms with Crippen molar-refractivity contribution in [1.82, 2.24) is 0 Å². The Balaban J connectivity index is 2.34. The largest absolute Gasteiger partial charge is 0.419 e. The van der Waals surface area contributed by atoms with Crippen LogP contribution < -0.4 is 5.32 Å². The summed E-state index contributed by atoms with van der Waals surface area (Å²) in [6, 6.07) is 3.06. The fourth-order valence-corrected chi connectivity index (χ4v) is 2.75. The topological polar surface area (TPSA) is 108 Å². The van der Waals surface area contributed by atoms with Crippen molar-refractivity contribution in [2.75, 3.05) is 5.32 Å². The van der Waals surface area contributed by atoms with E-state index in [2.05, 4.69) is 21.2 Å². The van der Waals surface area contributed by atoms with Crippen molar-refractivity contribution in [3.8, 4) is 0 Å². The highest BCUT2D eigenvalue weighted by Gasteiger charge is 2.39. The van der Waals surface area contributed by atoms with E-state index in [0.29, 0.717) is 8.04 Å². The molecule has 2 rings (SSSR count). The number of cyclic esters (lactones) is 2. The summed E-state index contributed by atoms with van der Waals surface area (Å²) in [4.78, 5) is 34.2. The number of nitrogens with zero attached hydrogens (tertiary/aromatic N) is 1. The standard InChI is InChI=1S/C13H10BrIN2O6/c1-13(2)22-11(18)6(12(19)23-13)5-16-8-4-3-7(14)9(15)10(8)17(20)21/h3-5,16H,1-2H3. The van der Waals surface area contributed by atoms with Gasteiger partial charge in [0.15, 0.2) is 5.57 Å². The van der Waals surface area contributed by atoms with Crippen LogP contribution in [0.2, 0.25) is 0 Å². The summed E-state index contributed by atoms with van der Waals surface area (Å²) in [5.41, 5.74) is -0.438. The molecule has 0 bridgehead atoms. The highest BCUT2D eigenvalue weighted by molar-refractivity contribution is 14.1. The van der Waals surface area contributed by atoms with Gasteiger partial charge >= 0.3 is 17.6 Å². The first-order valence-corrected chi connectivity index (χ1v) is 8.05. The molecule has 0 aliphatic carbocycles. The highest BCUT2D eigenvalue weighted by Crippen LogP contribution is 2.35. The Morgan fingerprint density at radius 3 is 2.39 bits per heavy atom. The summed E-state index contributed by atoms with van der Waals surface area (Å²) in [6.45, 7) is 2.85. The maximum atomic E-state index is 11.8. The molecule has 0 amide bonds. The molecule has 0 aromatic heterocycles. The van der Waals surface area contributed by atoms with Crippen molar-refractivity contribution < 1.29 is 24.0 Å². The van der Waals surface area contributed by atoms with Crippen molar-refractivity contribution in [3.63, 3.8) is 0 Å². The lowest BCUT2D eigenvalue weighted by Gasteiger charge is -2.29. The van der Waals surface area contributed by atoms with Crippen molar-refractivity contribution in [2.24, 2.45) is 0 Å². The van der Waals surface area contributed by atoms with Crippen LogP contribution >= 0.6 is 38.5 Å². The van der Waals surface area contributed by atoms with Gasteiger partial charge in [-0.3, -0.25) is 10.1 Å². The molecular formula is C13H10BrIN2O6. The number of anilines is 1. The van der Waals surface area contributed by atoms with Crippen molar-refractivity contribution in [3.05, 3.63) is 42.1 Å². The minimum Gasteiger partial charge on any atom is -0.419 e. The minimum atomic E-state index is -1.34. The van der Waals surface area contributed by atoms with Crippen LogP contribution in [0.25, 0.3) is 0 Å². The molecular weight excluding hydrogens is 487 g/mol. The van der Waals surface area contributed by atoms with E-state index >= 15 is 0 Å². The molecule has 1 saturated heterocycles. The van der Waals surface area contributed by atoms with Gasteiger partial charge in [0, 0.05) is 24.5 Å². The lowest BCUT2D eigenvalue weighted by atomic mass is 10.2. The van der Waals surface area contributed by atoms with Gasteiger partial charge in [0.1, 0.15) is 9.26 Å². The van der Waals surface area contributed by atoms with Crippen LogP contribution in [0, 0.1) is 13.7 Å². The molecule has 1 aliphatic heterocycles. The second-order valence-corrected chi connectivity index (χ2v) is 6.83. The molecule has 0 atom stereocenters. The van der Waals surface area contributed by atoms with Crippen molar-refractivity contribution in [2.45, 2.75) is 19.6 Å². The van der Waals surface area contributed by atoms with Gasteiger partial charge in [-0.05, 0) is 50.7 Å². The average molecular weight is 497 g/mol. The van der Waals surface area contributed by atoms with Gasteiger partial charge < -0.3 is 14.8 Å². The summed E-state index contributed by atoms with van der Waals surface area (Å²) in [7, 11) is 0. The number of hydrogen-bond acceptors (Lipinski definition) is 7. The van der Waals surface area contributed by atoms with Crippen LogP contribution in [0.1, 0.15) is 13.8 Å². The zero-order chi connectivity index (χ0) is 17.4. The zero-order valence-corrected chi connectivity index (χ0v) is 15.6. The van der Waals surface area contributed by atoms with Gasteiger partial charge in [-0.2, -0.15) is 0 Å². The number of nitrogens with one attached hydrogen (secondary N) is 1. The molecule has 1 aromatic rings. The number of carbonyl (C=O) groups excluding carboxylic acids is 2. The third-order valence-corrected chi connectivity index (χ3v) is 5.23. The Bertz CT molecular complexity index is 724. The molecule has 122 valence electrons. The van der Waals surface area contributed by atoms with Gasteiger partial charge in [0.2, 0.25) is 0 Å². The van der Waals surface area contributed by atoms with Crippen LogP contribution in [-0.4, -0.2) is 22.6 Å². The number of carbonyl (C=O) groups is 2. The zero-order valence-electron chi connectivity index (χ0n) is 11.9. The van der Waals surface area contributed by atoms with E-state index < -0.39 is 22.6 Å². The van der Waals surface area contributed by atoms with Crippen LogP contribution in [0.5, 0.6) is 0 Å². The predicted octanol–water partition coefficient (Wildman–Crippen LogP) is 3.09. The number of rotatable bonds is 3. The van der Waals surface area contributed by atoms with Crippen LogP contribution in [0.15, 0.2) is 28.4 Å². The number of esters is 2. The summed E-state index contributed by atoms with van der Waals surface area (Å²) < 4.78 is 10.8. The van der Waals surface area contributed by atoms with Gasteiger partial charge in [-0.15, -0.1) is 0 Å². The lowest BCUT2D eigenvalue weighted by molar-refractivity contribution is -0.384. The second-order valence-electron chi connectivity index (χ2n) is 4.90. The smallest absolute Gasteiger partial charge is 0.350 e. The second kappa shape index (κ2) is 6.43. The summed E-state index contributed by atoms with van der Waals surface area (Å²) in [6.07, 6.45) is 1.03. The molecule has 0 spiro atoms. The normalized spacial score (nSPS) is 16.4. The third-order valence-electron chi connectivity index (χ3n) is 2.74. The number of benzene rings is 1. The Morgan fingerprint density at radius 1 is 1.30 bits per heavy atom. The van der Waals surface area contributed by atoms with Crippen molar-refractivity contribution in [1.29, 1.82) is 0 Å². The van der Waals surface area contributed by atoms with Gasteiger partial charge in [-0.25, -0.2) is 9.59 Å². The Morgan fingerprint density at radius 2 is 1.87 bits per heavy atom. The van der Waals surface area contributed by atoms with E-state index in [0.717, 1.165) is 6.20 Å². The maximum absolute atomic E-state index is 11.8. The quantitative estimate of drug-likeness (QED) is 0.171. The van der Waals surface area contributed by atoms with E-state index in [1.54, 1.807) is 6.07 Å². The fraction of sp³-hybridized carbons (Fsp3) is 0.231. The Labute approximate surface area is 152 Å². The van der Waals surface area contributed by atoms with E-state index in [4.69, 9.17) is 9.47 Å². The number of halogens is 2. The first-order chi connectivity index (χ1) is 10.6. The highest BCUT2D eigenvalue weighted by atomic mass is 127. The average Bonchev–Trinajstić information content (AvgIpc) is 2.39. The Kier molecular flexibility index (Phi) is 4.94. The third kappa shape index (κ3) is 3.80. The first kappa shape index (κ1) is 17.7. The summed E-state index contributed by atoms with van der Waals surface area (Å²) in [5, 5.41) is 13.8. The molecule has 1 heterocycles. The maximum Gasteiger partial charge on any atom is 0.350 e. The van der Waals surface area contributed by atoms with Crippen molar-refractivity contribution >= 4 is 61.8 Å². The molecule has 23 heavy (non-hydrogen) atoms.